The number of carbonyl (C=O) groups is 1. The Kier molecular flexibility index (Phi) is 5.27. The third-order valence-corrected chi connectivity index (χ3v) is 5.93. The molecule has 0 aromatic heterocycles. The quantitative estimate of drug-likeness (QED) is 0.562. The Bertz CT molecular complexity index is 611. The SMILES string of the molecule is N=C(N)c1ccc(N2CCC3(CCN(CCC(=O)O)CC3)CC2)cc1. The van der Waals surface area contributed by atoms with Crippen molar-refractivity contribution in [3.8, 4) is 0 Å². The Morgan fingerprint density at radius 3 is 2.16 bits per heavy atom. The highest BCUT2D eigenvalue weighted by atomic mass is 16.4. The van der Waals surface area contributed by atoms with Crippen molar-refractivity contribution in [1.82, 2.24) is 4.90 Å². The predicted molar refractivity (Wildman–Crippen MR) is 99.3 cm³/mol. The van der Waals surface area contributed by atoms with E-state index in [0.29, 0.717) is 12.0 Å². The number of carboxylic acid groups (broad SMARTS) is 1. The normalized spacial score (nSPS) is 20.6. The molecule has 4 N–H and O–H groups in total. The summed E-state index contributed by atoms with van der Waals surface area (Å²) in [7, 11) is 0. The van der Waals surface area contributed by atoms with Gasteiger partial charge < -0.3 is 20.6 Å². The second kappa shape index (κ2) is 7.44. The van der Waals surface area contributed by atoms with E-state index in [1.165, 1.54) is 31.4 Å². The number of nitrogens with one attached hydrogen (secondary N) is 1. The van der Waals surface area contributed by atoms with Crippen LogP contribution in [0.2, 0.25) is 0 Å². The van der Waals surface area contributed by atoms with E-state index in [1.54, 1.807) is 0 Å². The van der Waals surface area contributed by atoms with Gasteiger partial charge in [-0.25, -0.2) is 0 Å². The van der Waals surface area contributed by atoms with Crippen molar-refractivity contribution >= 4 is 17.5 Å². The van der Waals surface area contributed by atoms with Crippen LogP contribution in [0.4, 0.5) is 5.69 Å². The summed E-state index contributed by atoms with van der Waals surface area (Å²) in [5, 5.41) is 16.3. The number of carboxylic acids is 1. The molecule has 0 amide bonds. The molecule has 136 valence electrons. The number of hydrogen-bond donors (Lipinski definition) is 3. The third-order valence-electron chi connectivity index (χ3n) is 5.93. The second-order valence-electron chi connectivity index (χ2n) is 7.43. The summed E-state index contributed by atoms with van der Waals surface area (Å²) in [5.41, 5.74) is 7.93. The Hall–Kier alpha value is -2.08. The lowest BCUT2D eigenvalue weighted by molar-refractivity contribution is -0.137. The van der Waals surface area contributed by atoms with Gasteiger partial charge in [0.05, 0.1) is 6.42 Å². The molecule has 2 fully saturated rings. The van der Waals surface area contributed by atoms with E-state index in [1.807, 2.05) is 12.1 Å². The molecule has 0 radical (unpaired) electrons. The van der Waals surface area contributed by atoms with Gasteiger partial charge in [0.2, 0.25) is 0 Å². The molecule has 2 aliphatic heterocycles. The molecule has 0 aliphatic carbocycles. The topological polar surface area (TPSA) is 93.7 Å². The summed E-state index contributed by atoms with van der Waals surface area (Å²) >= 11 is 0. The van der Waals surface area contributed by atoms with Crippen LogP contribution in [-0.4, -0.2) is 54.5 Å². The Balaban J connectivity index is 1.50. The fourth-order valence-electron chi connectivity index (χ4n) is 4.10. The number of hydrogen-bond acceptors (Lipinski definition) is 4. The van der Waals surface area contributed by atoms with Crippen LogP contribution in [0.5, 0.6) is 0 Å². The van der Waals surface area contributed by atoms with Crippen LogP contribution >= 0.6 is 0 Å². The molecule has 0 unspecified atom stereocenters. The minimum absolute atomic E-state index is 0.110. The molecule has 0 bridgehead atoms. The van der Waals surface area contributed by atoms with Gasteiger partial charge in [0.25, 0.3) is 0 Å². The molecular formula is C19H28N4O2. The number of nitrogens with two attached hydrogens (primary N) is 1. The molecule has 1 aromatic carbocycles. The smallest absolute Gasteiger partial charge is 0.304 e. The Morgan fingerprint density at radius 1 is 1.08 bits per heavy atom. The monoisotopic (exact) mass is 344 g/mol. The fourth-order valence-corrected chi connectivity index (χ4v) is 4.10. The average molecular weight is 344 g/mol. The van der Waals surface area contributed by atoms with Gasteiger partial charge in [-0.1, -0.05) is 0 Å². The molecular weight excluding hydrogens is 316 g/mol. The van der Waals surface area contributed by atoms with Gasteiger partial charge in [0.15, 0.2) is 0 Å². The van der Waals surface area contributed by atoms with Crippen molar-refractivity contribution in [2.75, 3.05) is 37.6 Å². The molecule has 0 saturated carbocycles. The zero-order chi connectivity index (χ0) is 17.9. The molecule has 0 atom stereocenters. The zero-order valence-corrected chi connectivity index (χ0v) is 14.7. The predicted octanol–water partition coefficient (Wildman–Crippen LogP) is 2.13. The van der Waals surface area contributed by atoms with Crippen LogP contribution < -0.4 is 10.6 Å². The first-order valence-electron chi connectivity index (χ1n) is 9.11. The molecule has 6 heteroatoms. The van der Waals surface area contributed by atoms with E-state index < -0.39 is 5.97 Å². The maximum absolute atomic E-state index is 10.7. The summed E-state index contributed by atoms with van der Waals surface area (Å²) in [5.74, 6) is -0.594. The van der Waals surface area contributed by atoms with Crippen molar-refractivity contribution < 1.29 is 9.90 Å². The zero-order valence-electron chi connectivity index (χ0n) is 14.7. The van der Waals surface area contributed by atoms with Crippen LogP contribution in [0.1, 0.15) is 37.7 Å². The summed E-state index contributed by atoms with van der Waals surface area (Å²) in [6.07, 6.45) is 5.02. The Morgan fingerprint density at radius 2 is 1.64 bits per heavy atom. The standard InChI is InChI=1S/C19H28N4O2/c20-18(21)15-1-3-16(4-2-15)23-13-8-19(9-14-23)6-11-22(12-7-19)10-5-17(24)25/h1-4H,5-14H2,(H3,20,21)(H,24,25). The number of benzene rings is 1. The maximum atomic E-state index is 10.7. The molecule has 6 nitrogen and oxygen atoms in total. The van der Waals surface area contributed by atoms with E-state index >= 15 is 0 Å². The average Bonchev–Trinajstić information content (AvgIpc) is 2.62. The van der Waals surface area contributed by atoms with Gasteiger partial charge in [-0.2, -0.15) is 0 Å². The largest absolute Gasteiger partial charge is 0.481 e. The summed E-state index contributed by atoms with van der Waals surface area (Å²) in [4.78, 5) is 15.4. The van der Waals surface area contributed by atoms with E-state index in [2.05, 4.69) is 21.9 Å². The van der Waals surface area contributed by atoms with E-state index in [-0.39, 0.29) is 12.3 Å². The number of nitrogen functional groups attached to an aromatic ring is 1. The molecule has 2 heterocycles. The van der Waals surface area contributed by atoms with Gasteiger partial charge in [0, 0.05) is 30.9 Å². The maximum Gasteiger partial charge on any atom is 0.304 e. The van der Waals surface area contributed by atoms with Crippen molar-refractivity contribution in [2.24, 2.45) is 11.1 Å². The van der Waals surface area contributed by atoms with Gasteiger partial charge in [-0.05, 0) is 68.5 Å². The van der Waals surface area contributed by atoms with Gasteiger partial charge in [-0.3, -0.25) is 10.2 Å². The molecule has 25 heavy (non-hydrogen) atoms. The molecule has 2 saturated heterocycles. The summed E-state index contributed by atoms with van der Waals surface area (Å²) in [6, 6.07) is 7.96. The molecule has 2 aliphatic rings. The number of nitrogens with zero attached hydrogens (tertiary/aromatic N) is 2. The van der Waals surface area contributed by atoms with E-state index in [4.69, 9.17) is 16.2 Å². The number of rotatable bonds is 5. The summed E-state index contributed by atoms with van der Waals surface area (Å²) in [6.45, 7) is 4.87. The van der Waals surface area contributed by atoms with Crippen molar-refractivity contribution in [3.63, 3.8) is 0 Å². The van der Waals surface area contributed by atoms with E-state index in [0.717, 1.165) is 31.7 Å². The molecule has 3 rings (SSSR count). The first kappa shape index (κ1) is 17.7. The van der Waals surface area contributed by atoms with Gasteiger partial charge in [0.1, 0.15) is 5.84 Å². The number of likely N-dealkylation sites (tertiary alicyclic amines) is 1. The minimum atomic E-state index is -0.704. The number of aliphatic carboxylic acids is 1. The van der Waals surface area contributed by atoms with Crippen LogP contribution in [0, 0.1) is 10.8 Å². The van der Waals surface area contributed by atoms with Crippen LogP contribution in [0.25, 0.3) is 0 Å². The van der Waals surface area contributed by atoms with Crippen LogP contribution in [-0.2, 0) is 4.79 Å². The van der Waals surface area contributed by atoms with Gasteiger partial charge >= 0.3 is 5.97 Å². The fraction of sp³-hybridized carbons (Fsp3) is 0.579. The van der Waals surface area contributed by atoms with Gasteiger partial charge in [-0.15, -0.1) is 0 Å². The van der Waals surface area contributed by atoms with Crippen molar-refractivity contribution in [1.29, 1.82) is 5.41 Å². The van der Waals surface area contributed by atoms with Crippen molar-refractivity contribution in [3.05, 3.63) is 29.8 Å². The molecule has 1 aromatic rings. The number of anilines is 1. The lowest BCUT2D eigenvalue weighted by Gasteiger charge is -2.47. The van der Waals surface area contributed by atoms with Crippen molar-refractivity contribution in [2.45, 2.75) is 32.1 Å². The second-order valence-corrected chi connectivity index (χ2v) is 7.43. The third kappa shape index (κ3) is 4.31. The first-order valence-corrected chi connectivity index (χ1v) is 9.11. The lowest BCUT2D eigenvalue weighted by atomic mass is 9.71. The lowest BCUT2D eigenvalue weighted by Crippen LogP contribution is -2.47. The van der Waals surface area contributed by atoms with E-state index in [9.17, 15) is 4.79 Å². The minimum Gasteiger partial charge on any atom is -0.481 e. The highest BCUT2D eigenvalue weighted by Crippen LogP contribution is 2.42. The number of piperidine rings is 2. The first-order chi connectivity index (χ1) is 12.0. The Labute approximate surface area is 149 Å². The summed E-state index contributed by atoms with van der Waals surface area (Å²) < 4.78 is 0. The highest BCUT2D eigenvalue weighted by Gasteiger charge is 2.37. The van der Waals surface area contributed by atoms with Crippen LogP contribution in [0.15, 0.2) is 24.3 Å². The molecule has 1 spiro atoms. The highest BCUT2D eigenvalue weighted by molar-refractivity contribution is 5.95. The van der Waals surface area contributed by atoms with Crippen LogP contribution in [0.3, 0.4) is 0 Å². The number of amidine groups is 1.